The van der Waals surface area contributed by atoms with E-state index in [0.717, 1.165) is 18.7 Å². The second-order valence-electron chi connectivity index (χ2n) is 7.93. The number of nitriles is 1. The van der Waals surface area contributed by atoms with E-state index in [1.807, 2.05) is 13.0 Å². The average molecular weight is 382 g/mol. The van der Waals surface area contributed by atoms with Crippen molar-refractivity contribution in [2.75, 3.05) is 11.4 Å². The van der Waals surface area contributed by atoms with E-state index in [0.29, 0.717) is 22.2 Å². The van der Waals surface area contributed by atoms with Crippen molar-refractivity contribution in [3.8, 4) is 6.07 Å². The van der Waals surface area contributed by atoms with Gasteiger partial charge in [-0.15, -0.1) is 10.2 Å². The summed E-state index contributed by atoms with van der Waals surface area (Å²) >= 11 is 1.22. The van der Waals surface area contributed by atoms with Gasteiger partial charge >= 0.3 is 0 Å². The number of hydrogen-bond donors (Lipinski definition) is 0. The summed E-state index contributed by atoms with van der Waals surface area (Å²) in [5.41, 5.74) is 4.87. The number of unbranched alkanes of at least 4 members (excludes halogenated alkanes) is 1. The Morgan fingerprint density at radius 1 is 1.37 bits per heavy atom. The highest BCUT2D eigenvalue weighted by atomic mass is 32.1. The number of benzene rings is 1. The van der Waals surface area contributed by atoms with Crippen LogP contribution >= 0.6 is 11.5 Å². The molecule has 1 aliphatic heterocycles. The smallest absolute Gasteiger partial charge is 0.176 e. The molecule has 0 aliphatic carbocycles. The minimum absolute atomic E-state index is 0.159. The number of nitrogens with zero attached hydrogens (tertiary/aromatic N) is 5. The lowest BCUT2D eigenvalue weighted by Crippen LogP contribution is -2.48. The van der Waals surface area contributed by atoms with Crippen LogP contribution in [0, 0.1) is 18.3 Å². The van der Waals surface area contributed by atoms with Crippen LogP contribution in [0.2, 0.25) is 0 Å². The van der Waals surface area contributed by atoms with E-state index >= 15 is 0 Å². The van der Waals surface area contributed by atoms with Crippen molar-refractivity contribution in [1.82, 2.24) is 4.37 Å². The average Bonchev–Trinajstić information content (AvgIpc) is 2.99. The van der Waals surface area contributed by atoms with E-state index in [4.69, 9.17) is 0 Å². The van der Waals surface area contributed by atoms with Gasteiger partial charge in [0.25, 0.3) is 0 Å². The second-order valence-corrected chi connectivity index (χ2v) is 8.68. The normalized spacial score (nSPS) is 18.5. The first-order chi connectivity index (χ1) is 12.9. The number of rotatable bonds is 5. The van der Waals surface area contributed by atoms with Gasteiger partial charge in [-0.2, -0.15) is 9.64 Å². The monoisotopic (exact) mass is 381 g/mol. The number of aryl methyl sites for hydroxylation is 1. The van der Waals surface area contributed by atoms with E-state index in [2.05, 4.69) is 65.4 Å². The molecular weight excluding hydrogens is 354 g/mol. The maximum Gasteiger partial charge on any atom is 0.176 e. The lowest BCUT2D eigenvalue weighted by Gasteiger charge is -2.47. The first kappa shape index (κ1) is 19.5. The van der Waals surface area contributed by atoms with Gasteiger partial charge in [0.05, 0.1) is 11.4 Å². The molecule has 2 aromatic rings. The Morgan fingerprint density at radius 2 is 2.15 bits per heavy atom. The lowest BCUT2D eigenvalue weighted by molar-refractivity contribution is 0.374. The van der Waals surface area contributed by atoms with Crippen molar-refractivity contribution >= 4 is 27.9 Å². The third kappa shape index (κ3) is 3.89. The summed E-state index contributed by atoms with van der Waals surface area (Å²) in [5, 5.41) is 18.5. The Balaban J connectivity index is 1.93. The molecule has 0 radical (unpaired) electrons. The van der Waals surface area contributed by atoms with Gasteiger partial charge in [-0.05, 0) is 74.8 Å². The maximum atomic E-state index is 9.24. The molecule has 0 saturated heterocycles. The first-order valence-corrected chi connectivity index (χ1v) is 10.3. The molecule has 1 aromatic carbocycles. The fourth-order valence-electron chi connectivity index (χ4n) is 3.94. The number of aromatic nitrogens is 1. The molecule has 1 aromatic heterocycles. The van der Waals surface area contributed by atoms with Crippen LogP contribution in [0.1, 0.15) is 69.7 Å². The van der Waals surface area contributed by atoms with Gasteiger partial charge in [-0.25, -0.2) is 0 Å². The van der Waals surface area contributed by atoms with Gasteiger partial charge in [0.2, 0.25) is 0 Å². The van der Waals surface area contributed by atoms with Crippen LogP contribution in [0.15, 0.2) is 28.4 Å². The van der Waals surface area contributed by atoms with Crippen molar-refractivity contribution in [2.24, 2.45) is 10.2 Å². The largest absolute Gasteiger partial charge is 0.366 e. The molecule has 27 heavy (non-hydrogen) atoms. The molecule has 0 amide bonds. The van der Waals surface area contributed by atoms with Crippen LogP contribution < -0.4 is 4.90 Å². The van der Waals surface area contributed by atoms with Gasteiger partial charge in [0.15, 0.2) is 5.00 Å². The number of hydrogen-bond acceptors (Lipinski definition) is 6. The van der Waals surface area contributed by atoms with Gasteiger partial charge in [0.1, 0.15) is 11.6 Å². The van der Waals surface area contributed by atoms with Crippen molar-refractivity contribution in [3.05, 3.63) is 35.0 Å². The molecule has 142 valence electrons. The Morgan fingerprint density at radius 3 is 2.85 bits per heavy atom. The molecule has 1 aliphatic rings. The number of azo groups is 1. The molecule has 1 atom stereocenters. The van der Waals surface area contributed by atoms with E-state index in [9.17, 15) is 5.26 Å². The molecule has 0 saturated carbocycles. The zero-order valence-electron chi connectivity index (χ0n) is 16.8. The molecule has 0 fully saturated rings. The third-order valence-corrected chi connectivity index (χ3v) is 6.14. The van der Waals surface area contributed by atoms with Crippen LogP contribution in [0.3, 0.4) is 0 Å². The molecule has 2 heterocycles. The summed E-state index contributed by atoms with van der Waals surface area (Å²) in [7, 11) is 0. The van der Waals surface area contributed by atoms with Crippen LogP contribution in [0.25, 0.3) is 0 Å². The standard InChI is InChI=1S/C21H27N5S/c1-6-7-10-26-19-9-8-16(11-17(19)14(2)12-21(26,4)5)23-24-20-18(13-22)15(3)25-27-20/h8-9,11,14H,6-7,10,12H2,1-5H3. The van der Waals surface area contributed by atoms with Crippen molar-refractivity contribution in [1.29, 1.82) is 5.26 Å². The predicted molar refractivity (Wildman–Crippen MR) is 112 cm³/mol. The van der Waals surface area contributed by atoms with E-state index in [1.165, 1.54) is 35.6 Å². The maximum absolute atomic E-state index is 9.24. The van der Waals surface area contributed by atoms with E-state index in [-0.39, 0.29) is 5.54 Å². The van der Waals surface area contributed by atoms with Crippen LogP contribution in [-0.2, 0) is 0 Å². The SMILES string of the molecule is CCCCN1c2ccc(N=Nc3snc(C)c3C#N)cc2C(C)CC1(C)C. The summed E-state index contributed by atoms with van der Waals surface area (Å²) in [6.45, 7) is 12.1. The van der Waals surface area contributed by atoms with Crippen LogP contribution in [0.5, 0.6) is 0 Å². The minimum atomic E-state index is 0.159. The number of anilines is 1. The Kier molecular flexibility index (Phi) is 5.61. The molecule has 3 rings (SSSR count). The molecule has 0 bridgehead atoms. The minimum Gasteiger partial charge on any atom is -0.366 e. The van der Waals surface area contributed by atoms with Gasteiger partial charge in [0, 0.05) is 17.8 Å². The highest BCUT2D eigenvalue weighted by molar-refractivity contribution is 7.10. The summed E-state index contributed by atoms with van der Waals surface area (Å²) < 4.78 is 4.20. The van der Waals surface area contributed by atoms with Crippen molar-refractivity contribution < 1.29 is 0 Å². The van der Waals surface area contributed by atoms with E-state index < -0.39 is 0 Å². The van der Waals surface area contributed by atoms with Crippen molar-refractivity contribution in [2.45, 2.75) is 65.3 Å². The van der Waals surface area contributed by atoms with Gasteiger partial charge in [-0.3, -0.25) is 0 Å². The topological polar surface area (TPSA) is 64.6 Å². The summed E-state index contributed by atoms with van der Waals surface area (Å²) in [5.74, 6) is 0.475. The first-order valence-electron chi connectivity index (χ1n) is 9.57. The van der Waals surface area contributed by atoms with E-state index in [1.54, 1.807) is 0 Å². The molecule has 5 nitrogen and oxygen atoms in total. The lowest BCUT2D eigenvalue weighted by atomic mass is 9.80. The molecular formula is C21H27N5S. The van der Waals surface area contributed by atoms with Crippen molar-refractivity contribution in [3.63, 3.8) is 0 Å². The summed E-state index contributed by atoms with van der Waals surface area (Å²) in [6, 6.07) is 8.51. The summed E-state index contributed by atoms with van der Waals surface area (Å²) in [4.78, 5) is 2.55. The van der Waals surface area contributed by atoms with Crippen LogP contribution in [0.4, 0.5) is 16.4 Å². The molecule has 1 unspecified atom stereocenters. The summed E-state index contributed by atoms with van der Waals surface area (Å²) in [6.07, 6.45) is 3.51. The van der Waals surface area contributed by atoms with Gasteiger partial charge < -0.3 is 4.90 Å². The molecule has 0 N–H and O–H groups in total. The fourth-order valence-corrected chi connectivity index (χ4v) is 4.61. The Labute approximate surface area is 165 Å². The quantitative estimate of drug-likeness (QED) is 0.546. The van der Waals surface area contributed by atoms with Gasteiger partial charge in [-0.1, -0.05) is 20.3 Å². The zero-order chi connectivity index (χ0) is 19.6. The molecule has 6 heteroatoms. The number of fused-ring (bicyclic) bond motifs is 1. The Bertz CT molecular complexity index is 890. The Hall–Kier alpha value is -2.26. The fraction of sp³-hybridized carbons (Fsp3) is 0.524. The highest BCUT2D eigenvalue weighted by Gasteiger charge is 2.35. The second kappa shape index (κ2) is 7.77. The predicted octanol–water partition coefficient (Wildman–Crippen LogP) is 6.63. The zero-order valence-corrected chi connectivity index (χ0v) is 17.6. The molecule has 0 spiro atoms. The van der Waals surface area contributed by atoms with Crippen LogP contribution in [-0.4, -0.2) is 16.5 Å². The third-order valence-electron chi connectivity index (χ3n) is 5.32. The highest BCUT2D eigenvalue weighted by Crippen LogP contribution is 2.44.